The van der Waals surface area contributed by atoms with Crippen LogP contribution in [-0.2, 0) is 22.6 Å². The number of carbonyl (C=O) groups is 1. The van der Waals surface area contributed by atoms with Crippen LogP contribution in [0, 0.1) is 0 Å². The smallest absolute Gasteiger partial charge is 0.310 e. The highest BCUT2D eigenvalue weighted by Crippen LogP contribution is 2.20. The molecule has 138 valence electrons. The van der Waals surface area contributed by atoms with E-state index in [0.29, 0.717) is 5.82 Å². The number of nitrogens with zero attached hydrogens (tertiary/aromatic N) is 2. The van der Waals surface area contributed by atoms with Gasteiger partial charge in [-0.15, -0.1) is 0 Å². The minimum Gasteiger partial charge on any atom is -0.455 e. The second-order valence-electron chi connectivity index (χ2n) is 6.28. The molecule has 1 heterocycles. The molecule has 0 bridgehead atoms. The van der Waals surface area contributed by atoms with Gasteiger partial charge in [-0.05, 0) is 16.7 Å². The zero-order valence-electron chi connectivity index (χ0n) is 15.1. The molecule has 4 aromatic rings. The second-order valence-corrected chi connectivity index (χ2v) is 6.28. The molecule has 0 spiro atoms. The average Bonchev–Trinajstić information content (AvgIpc) is 3.23. The molecule has 0 unspecified atom stereocenters. The fraction of sp³-hybridized carbons (Fsp3) is 0.0870. The van der Waals surface area contributed by atoms with E-state index in [9.17, 15) is 4.79 Å². The summed E-state index contributed by atoms with van der Waals surface area (Å²) in [6, 6.07) is 27.5. The van der Waals surface area contributed by atoms with Crippen LogP contribution in [0.3, 0.4) is 0 Å². The Kier molecular flexibility index (Phi) is 5.24. The third-order valence-corrected chi connectivity index (χ3v) is 4.27. The summed E-state index contributed by atoms with van der Waals surface area (Å²) in [7, 11) is 0. The van der Waals surface area contributed by atoms with E-state index >= 15 is 0 Å². The third kappa shape index (κ3) is 4.32. The standard InChI is InChI=1S/C23H18N2O3/c26-22(15-17-11-13-19(14-12-17)18-7-3-1-4-8-18)27-16-21-24-23(25-28-21)20-9-5-2-6-10-20/h1-14H,15-16H2. The minimum absolute atomic E-state index is 0.0409. The lowest BCUT2D eigenvalue weighted by molar-refractivity contribution is -0.144. The Hall–Kier alpha value is -3.73. The van der Waals surface area contributed by atoms with Crippen molar-refractivity contribution in [3.8, 4) is 22.5 Å². The Labute approximate surface area is 162 Å². The van der Waals surface area contributed by atoms with Crippen molar-refractivity contribution >= 4 is 5.97 Å². The SMILES string of the molecule is O=C(Cc1ccc(-c2ccccc2)cc1)OCc1nc(-c2ccccc2)no1. The molecule has 5 nitrogen and oxygen atoms in total. The van der Waals surface area contributed by atoms with Gasteiger partial charge in [0.2, 0.25) is 5.82 Å². The van der Waals surface area contributed by atoms with Gasteiger partial charge >= 0.3 is 5.97 Å². The first-order chi connectivity index (χ1) is 13.8. The van der Waals surface area contributed by atoms with E-state index < -0.39 is 0 Å². The highest BCUT2D eigenvalue weighted by Gasteiger charge is 2.11. The summed E-state index contributed by atoms with van der Waals surface area (Å²) in [5.74, 6) is 0.404. The molecule has 5 heteroatoms. The first-order valence-corrected chi connectivity index (χ1v) is 8.96. The highest BCUT2D eigenvalue weighted by atomic mass is 16.6. The van der Waals surface area contributed by atoms with Gasteiger partial charge in [-0.2, -0.15) is 4.98 Å². The largest absolute Gasteiger partial charge is 0.455 e. The van der Waals surface area contributed by atoms with Crippen LogP contribution in [0.4, 0.5) is 0 Å². The maximum atomic E-state index is 12.1. The number of ether oxygens (including phenoxy) is 1. The molecule has 4 rings (SSSR count). The third-order valence-electron chi connectivity index (χ3n) is 4.27. The summed E-state index contributed by atoms with van der Waals surface area (Å²) >= 11 is 0. The van der Waals surface area contributed by atoms with Crippen molar-refractivity contribution in [3.63, 3.8) is 0 Å². The van der Waals surface area contributed by atoms with Crippen LogP contribution in [0.2, 0.25) is 0 Å². The van der Waals surface area contributed by atoms with Crippen molar-refractivity contribution in [2.45, 2.75) is 13.0 Å². The number of aromatic nitrogens is 2. The zero-order chi connectivity index (χ0) is 19.2. The maximum absolute atomic E-state index is 12.1. The Morgan fingerprint density at radius 3 is 2.07 bits per heavy atom. The van der Waals surface area contributed by atoms with Gasteiger partial charge in [-0.1, -0.05) is 90.1 Å². The van der Waals surface area contributed by atoms with E-state index in [0.717, 1.165) is 22.3 Å². The van der Waals surface area contributed by atoms with Crippen LogP contribution < -0.4 is 0 Å². The van der Waals surface area contributed by atoms with Crippen LogP contribution in [-0.4, -0.2) is 16.1 Å². The fourth-order valence-electron chi connectivity index (χ4n) is 2.82. The summed E-state index contributed by atoms with van der Waals surface area (Å²) in [6.45, 7) is -0.0409. The summed E-state index contributed by atoms with van der Waals surface area (Å²) in [6.07, 6.45) is 0.189. The van der Waals surface area contributed by atoms with Gasteiger partial charge in [-0.25, -0.2) is 0 Å². The van der Waals surface area contributed by atoms with Crippen molar-refractivity contribution in [1.29, 1.82) is 0 Å². The van der Waals surface area contributed by atoms with E-state index in [1.165, 1.54) is 0 Å². The molecule has 0 aliphatic rings. The number of rotatable bonds is 6. The normalized spacial score (nSPS) is 10.6. The van der Waals surface area contributed by atoms with Gasteiger partial charge in [0.05, 0.1) is 6.42 Å². The lowest BCUT2D eigenvalue weighted by atomic mass is 10.0. The average molecular weight is 370 g/mol. The topological polar surface area (TPSA) is 65.2 Å². The number of carbonyl (C=O) groups excluding carboxylic acids is 1. The molecular weight excluding hydrogens is 352 g/mol. The van der Waals surface area contributed by atoms with Crippen molar-refractivity contribution in [1.82, 2.24) is 10.1 Å². The first-order valence-electron chi connectivity index (χ1n) is 8.96. The number of hydrogen-bond donors (Lipinski definition) is 0. The van der Waals surface area contributed by atoms with Crippen LogP contribution in [0.1, 0.15) is 11.5 Å². The number of esters is 1. The number of hydrogen-bond acceptors (Lipinski definition) is 5. The second kappa shape index (κ2) is 8.31. The Morgan fingerprint density at radius 1 is 0.786 bits per heavy atom. The molecule has 0 fully saturated rings. The van der Waals surface area contributed by atoms with Crippen molar-refractivity contribution in [2.24, 2.45) is 0 Å². The fourth-order valence-corrected chi connectivity index (χ4v) is 2.82. The molecule has 0 amide bonds. The van der Waals surface area contributed by atoms with Gasteiger partial charge in [0.15, 0.2) is 6.61 Å². The quantitative estimate of drug-likeness (QED) is 0.461. The van der Waals surface area contributed by atoms with Gasteiger partial charge in [0.1, 0.15) is 0 Å². The van der Waals surface area contributed by atoms with E-state index in [-0.39, 0.29) is 24.9 Å². The van der Waals surface area contributed by atoms with Crippen LogP contribution in [0.25, 0.3) is 22.5 Å². The van der Waals surface area contributed by atoms with Gasteiger partial charge < -0.3 is 9.26 Å². The lowest BCUT2D eigenvalue weighted by Crippen LogP contribution is -2.08. The van der Waals surface area contributed by atoms with E-state index in [2.05, 4.69) is 22.3 Å². The van der Waals surface area contributed by atoms with Gasteiger partial charge in [-0.3, -0.25) is 4.79 Å². The molecule has 0 N–H and O–H groups in total. The van der Waals surface area contributed by atoms with Crippen LogP contribution in [0.5, 0.6) is 0 Å². The first kappa shape index (κ1) is 17.7. The van der Waals surface area contributed by atoms with Gasteiger partial charge in [0.25, 0.3) is 5.89 Å². The molecule has 0 aliphatic heterocycles. The summed E-state index contributed by atoms with van der Waals surface area (Å²) < 4.78 is 10.4. The molecular formula is C23H18N2O3. The summed E-state index contributed by atoms with van der Waals surface area (Å²) in [4.78, 5) is 16.4. The molecule has 0 saturated carbocycles. The number of benzene rings is 3. The van der Waals surface area contributed by atoms with Crippen molar-refractivity contribution < 1.29 is 14.1 Å². The lowest BCUT2D eigenvalue weighted by Gasteiger charge is -2.05. The molecule has 3 aromatic carbocycles. The zero-order valence-corrected chi connectivity index (χ0v) is 15.1. The molecule has 1 aromatic heterocycles. The van der Waals surface area contributed by atoms with E-state index in [1.54, 1.807) is 0 Å². The van der Waals surface area contributed by atoms with E-state index in [4.69, 9.17) is 9.26 Å². The maximum Gasteiger partial charge on any atom is 0.310 e. The van der Waals surface area contributed by atoms with Crippen LogP contribution in [0.15, 0.2) is 89.5 Å². The van der Waals surface area contributed by atoms with Crippen LogP contribution >= 0.6 is 0 Å². The summed E-state index contributed by atoms with van der Waals surface area (Å²) in [5, 5.41) is 3.91. The Bertz CT molecular complexity index is 1040. The molecule has 0 aliphatic carbocycles. The monoisotopic (exact) mass is 370 g/mol. The van der Waals surface area contributed by atoms with Crippen molar-refractivity contribution in [2.75, 3.05) is 0 Å². The predicted octanol–water partition coefficient (Wildman–Crippen LogP) is 4.69. The Morgan fingerprint density at radius 2 is 1.39 bits per heavy atom. The van der Waals surface area contributed by atoms with Gasteiger partial charge in [0, 0.05) is 5.56 Å². The molecule has 0 radical (unpaired) electrons. The summed E-state index contributed by atoms with van der Waals surface area (Å²) in [5.41, 5.74) is 3.99. The van der Waals surface area contributed by atoms with E-state index in [1.807, 2.05) is 72.8 Å². The minimum atomic E-state index is -0.341. The van der Waals surface area contributed by atoms with Crippen molar-refractivity contribution in [3.05, 3.63) is 96.4 Å². The highest BCUT2D eigenvalue weighted by molar-refractivity contribution is 5.73. The predicted molar refractivity (Wildman–Crippen MR) is 105 cm³/mol. The molecule has 0 atom stereocenters. The Balaban J connectivity index is 1.32. The molecule has 0 saturated heterocycles. The molecule has 28 heavy (non-hydrogen) atoms.